The number of aromatic nitrogens is 2. The SMILES string of the molecule is FC(F)(F)c1ccc(-c2cnc(Br)cn2)cc1. The Morgan fingerprint density at radius 2 is 1.59 bits per heavy atom. The Morgan fingerprint density at radius 3 is 2.06 bits per heavy atom. The van der Waals surface area contributed by atoms with E-state index in [1.807, 2.05) is 0 Å². The smallest absolute Gasteiger partial charge is 0.252 e. The summed E-state index contributed by atoms with van der Waals surface area (Å²) in [5, 5.41) is 0. The molecule has 1 aromatic heterocycles. The summed E-state index contributed by atoms with van der Waals surface area (Å²) in [6.07, 6.45) is -1.33. The summed E-state index contributed by atoms with van der Waals surface area (Å²) in [6.45, 7) is 0. The molecule has 2 nitrogen and oxygen atoms in total. The molecule has 0 unspecified atom stereocenters. The van der Waals surface area contributed by atoms with Crippen molar-refractivity contribution in [2.24, 2.45) is 0 Å². The molecule has 6 heteroatoms. The van der Waals surface area contributed by atoms with Gasteiger partial charge in [0.2, 0.25) is 0 Å². The van der Waals surface area contributed by atoms with Crippen LogP contribution in [0.15, 0.2) is 41.3 Å². The summed E-state index contributed by atoms with van der Waals surface area (Å²) >= 11 is 3.13. The first-order valence-electron chi connectivity index (χ1n) is 4.62. The van der Waals surface area contributed by atoms with Crippen molar-refractivity contribution in [2.45, 2.75) is 6.18 Å². The molecule has 0 saturated carbocycles. The van der Waals surface area contributed by atoms with Crippen molar-refractivity contribution in [2.75, 3.05) is 0 Å². The van der Waals surface area contributed by atoms with Gasteiger partial charge in [0.1, 0.15) is 4.60 Å². The summed E-state index contributed by atoms with van der Waals surface area (Å²) < 4.78 is 37.6. The third-order valence-electron chi connectivity index (χ3n) is 2.13. The number of hydrogen-bond donors (Lipinski definition) is 0. The van der Waals surface area contributed by atoms with E-state index in [1.165, 1.54) is 24.5 Å². The van der Waals surface area contributed by atoms with Crippen LogP contribution < -0.4 is 0 Å². The second-order valence-corrected chi connectivity index (χ2v) is 4.11. The lowest BCUT2D eigenvalue weighted by atomic mass is 10.1. The van der Waals surface area contributed by atoms with Gasteiger partial charge in [-0.25, -0.2) is 4.98 Å². The highest BCUT2D eigenvalue weighted by Gasteiger charge is 2.29. The zero-order valence-electron chi connectivity index (χ0n) is 8.37. The lowest BCUT2D eigenvalue weighted by molar-refractivity contribution is -0.137. The van der Waals surface area contributed by atoms with Crippen LogP contribution in [0, 0.1) is 0 Å². The predicted molar refractivity (Wildman–Crippen MR) is 60.2 cm³/mol. The van der Waals surface area contributed by atoms with Gasteiger partial charge in [0, 0.05) is 5.56 Å². The quantitative estimate of drug-likeness (QED) is 0.798. The number of hydrogen-bond acceptors (Lipinski definition) is 2. The molecule has 0 radical (unpaired) electrons. The summed E-state index contributed by atoms with van der Waals surface area (Å²) in [5.74, 6) is 0. The van der Waals surface area contributed by atoms with E-state index in [4.69, 9.17) is 0 Å². The number of nitrogens with zero attached hydrogens (tertiary/aromatic N) is 2. The number of benzene rings is 1. The van der Waals surface area contributed by atoms with E-state index in [9.17, 15) is 13.2 Å². The maximum absolute atomic E-state index is 12.3. The molecule has 0 N–H and O–H groups in total. The molecule has 88 valence electrons. The van der Waals surface area contributed by atoms with Gasteiger partial charge in [-0.1, -0.05) is 12.1 Å². The van der Waals surface area contributed by atoms with E-state index in [0.717, 1.165) is 12.1 Å². The normalized spacial score (nSPS) is 11.5. The van der Waals surface area contributed by atoms with Crippen LogP contribution in [0.5, 0.6) is 0 Å². The molecule has 17 heavy (non-hydrogen) atoms. The minimum Gasteiger partial charge on any atom is -0.252 e. The second-order valence-electron chi connectivity index (χ2n) is 3.30. The number of halogens is 4. The van der Waals surface area contributed by atoms with E-state index in [1.54, 1.807) is 0 Å². The summed E-state index contributed by atoms with van der Waals surface area (Å²) in [5.41, 5.74) is 0.450. The van der Waals surface area contributed by atoms with Gasteiger partial charge in [0.05, 0.1) is 23.7 Å². The molecule has 0 amide bonds. The number of rotatable bonds is 1. The van der Waals surface area contributed by atoms with Gasteiger partial charge in [-0.15, -0.1) is 0 Å². The minimum absolute atomic E-state index is 0.530. The van der Waals surface area contributed by atoms with E-state index >= 15 is 0 Å². The van der Waals surface area contributed by atoms with E-state index in [2.05, 4.69) is 25.9 Å². The average Bonchev–Trinajstić information content (AvgIpc) is 2.29. The van der Waals surface area contributed by atoms with Gasteiger partial charge in [-0.3, -0.25) is 4.98 Å². The predicted octanol–water partition coefficient (Wildman–Crippen LogP) is 3.92. The van der Waals surface area contributed by atoms with Crippen molar-refractivity contribution in [3.8, 4) is 11.3 Å². The van der Waals surface area contributed by atoms with Crippen molar-refractivity contribution >= 4 is 15.9 Å². The molecule has 2 aromatic rings. The van der Waals surface area contributed by atoms with Crippen molar-refractivity contribution in [1.82, 2.24) is 9.97 Å². The van der Waals surface area contributed by atoms with E-state index in [0.29, 0.717) is 15.9 Å². The van der Waals surface area contributed by atoms with E-state index in [-0.39, 0.29) is 0 Å². The summed E-state index contributed by atoms with van der Waals surface area (Å²) in [7, 11) is 0. The third-order valence-corrected chi connectivity index (χ3v) is 2.54. The fourth-order valence-corrected chi connectivity index (χ4v) is 1.50. The maximum atomic E-state index is 12.3. The Labute approximate surface area is 104 Å². The van der Waals surface area contributed by atoms with Crippen LogP contribution >= 0.6 is 15.9 Å². The first-order chi connectivity index (χ1) is 7.97. The molecule has 0 atom stereocenters. The molecular weight excluding hydrogens is 297 g/mol. The molecule has 0 bridgehead atoms. The largest absolute Gasteiger partial charge is 0.416 e. The highest BCUT2D eigenvalue weighted by atomic mass is 79.9. The molecule has 1 heterocycles. The summed E-state index contributed by atoms with van der Waals surface area (Å²) in [4.78, 5) is 8.01. The number of alkyl halides is 3. The Balaban J connectivity index is 2.33. The molecule has 0 aliphatic rings. The van der Waals surface area contributed by atoms with Crippen LogP contribution in [0.4, 0.5) is 13.2 Å². The Morgan fingerprint density at radius 1 is 0.941 bits per heavy atom. The molecule has 0 saturated heterocycles. The average molecular weight is 303 g/mol. The van der Waals surface area contributed by atoms with Gasteiger partial charge in [-0.05, 0) is 28.1 Å². The van der Waals surface area contributed by atoms with Crippen LogP contribution in [-0.2, 0) is 6.18 Å². The van der Waals surface area contributed by atoms with E-state index < -0.39 is 11.7 Å². The van der Waals surface area contributed by atoms with Crippen LogP contribution in [-0.4, -0.2) is 9.97 Å². The monoisotopic (exact) mass is 302 g/mol. The van der Waals surface area contributed by atoms with Gasteiger partial charge in [-0.2, -0.15) is 13.2 Å². The molecule has 0 aliphatic heterocycles. The topological polar surface area (TPSA) is 25.8 Å². The molecular formula is C11H6BrF3N2. The molecule has 1 aromatic carbocycles. The zero-order chi connectivity index (χ0) is 12.5. The van der Waals surface area contributed by atoms with Crippen LogP contribution in [0.25, 0.3) is 11.3 Å². The van der Waals surface area contributed by atoms with Crippen LogP contribution in [0.1, 0.15) is 5.56 Å². The molecule has 0 spiro atoms. The minimum atomic E-state index is -4.32. The van der Waals surface area contributed by atoms with Crippen LogP contribution in [0.3, 0.4) is 0 Å². The first kappa shape index (κ1) is 12.0. The van der Waals surface area contributed by atoms with Gasteiger partial charge >= 0.3 is 6.18 Å². The van der Waals surface area contributed by atoms with Crippen molar-refractivity contribution < 1.29 is 13.2 Å². The lowest BCUT2D eigenvalue weighted by Gasteiger charge is -2.07. The van der Waals surface area contributed by atoms with Gasteiger partial charge < -0.3 is 0 Å². The zero-order valence-corrected chi connectivity index (χ0v) is 9.96. The maximum Gasteiger partial charge on any atom is 0.416 e. The Bertz CT molecular complexity index is 506. The lowest BCUT2D eigenvalue weighted by Crippen LogP contribution is -2.04. The molecule has 2 rings (SSSR count). The van der Waals surface area contributed by atoms with Crippen LogP contribution in [0.2, 0.25) is 0 Å². The third kappa shape index (κ3) is 2.82. The fraction of sp³-hybridized carbons (Fsp3) is 0.0909. The highest BCUT2D eigenvalue weighted by molar-refractivity contribution is 9.10. The second kappa shape index (κ2) is 4.44. The Kier molecular flexibility index (Phi) is 3.15. The van der Waals surface area contributed by atoms with Gasteiger partial charge in [0.25, 0.3) is 0 Å². The Hall–Kier alpha value is -1.43. The standard InChI is InChI=1S/C11H6BrF3N2/c12-10-6-16-9(5-17-10)7-1-3-8(4-2-7)11(13,14)15/h1-6H. The highest BCUT2D eigenvalue weighted by Crippen LogP contribution is 2.30. The van der Waals surface area contributed by atoms with Crippen molar-refractivity contribution in [1.29, 1.82) is 0 Å². The summed E-state index contributed by atoms with van der Waals surface area (Å²) in [6, 6.07) is 4.81. The fourth-order valence-electron chi connectivity index (χ4n) is 1.29. The van der Waals surface area contributed by atoms with Gasteiger partial charge in [0.15, 0.2) is 0 Å². The molecule has 0 aliphatic carbocycles. The van der Waals surface area contributed by atoms with Crippen molar-refractivity contribution in [3.63, 3.8) is 0 Å². The molecule has 0 fully saturated rings. The first-order valence-corrected chi connectivity index (χ1v) is 5.41. The van der Waals surface area contributed by atoms with Crippen molar-refractivity contribution in [3.05, 3.63) is 46.8 Å².